The quantitative estimate of drug-likeness (QED) is 0.115. The first-order valence-corrected chi connectivity index (χ1v) is 17.6. The number of hydrogen-bond acceptors (Lipinski definition) is 9. The SMILES string of the molecule is C=C1CCC(O)CC(=O)OC(/C(C)=C/C=C/C(C)(O)CC2OC2C(C)C(O)CC)C(C)/C=C/C1OC(=O)N1CCN(CCCC)CC1. The monoisotopic (exact) mass is 660 g/mol. The summed E-state index contributed by atoms with van der Waals surface area (Å²) in [5.74, 6) is -0.787. The van der Waals surface area contributed by atoms with Crippen LogP contribution in [0.3, 0.4) is 0 Å². The average Bonchev–Trinajstić information content (AvgIpc) is 3.79. The van der Waals surface area contributed by atoms with E-state index < -0.39 is 36.0 Å². The van der Waals surface area contributed by atoms with Gasteiger partial charge in [0.15, 0.2) is 0 Å². The van der Waals surface area contributed by atoms with Gasteiger partial charge in [0, 0.05) is 44.4 Å². The molecular formula is C37H60N2O8. The van der Waals surface area contributed by atoms with E-state index in [0.717, 1.165) is 38.0 Å². The molecule has 0 aromatic carbocycles. The van der Waals surface area contributed by atoms with Gasteiger partial charge < -0.3 is 34.4 Å². The van der Waals surface area contributed by atoms with Crippen molar-refractivity contribution < 1.29 is 39.1 Å². The molecule has 0 aliphatic carbocycles. The van der Waals surface area contributed by atoms with Gasteiger partial charge in [-0.2, -0.15) is 0 Å². The number of cyclic esters (lactones) is 1. The van der Waals surface area contributed by atoms with Crippen LogP contribution in [0.4, 0.5) is 4.79 Å². The Kier molecular flexibility index (Phi) is 15.2. The summed E-state index contributed by atoms with van der Waals surface area (Å²) in [5.41, 5.74) is 0.277. The van der Waals surface area contributed by atoms with Crippen molar-refractivity contribution in [2.45, 2.75) is 129 Å². The van der Waals surface area contributed by atoms with Crippen molar-refractivity contribution in [3.63, 3.8) is 0 Å². The maximum absolute atomic E-state index is 13.2. The van der Waals surface area contributed by atoms with Crippen LogP contribution in [-0.2, 0) is 19.0 Å². The predicted octanol–water partition coefficient (Wildman–Crippen LogP) is 4.93. The number of esters is 1. The number of epoxide rings is 1. The minimum atomic E-state index is -1.13. The number of nitrogens with zero attached hydrogens (tertiary/aromatic N) is 2. The first kappa shape index (κ1) is 38.9. The maximum atomic E-state index is 13.2. The molecule has 266 valence electrons. The largest absolute Gasteiger partial charge is 0.457 e. The van der Waals surface area contributed by atoms with Crippen molar-refractivity contribution in [2.24, 2.45) is 11.8 Å². The number of unbranched alkanes of at least 4 members (excludes halogenated alkanes) is 1. The molecule has 3 aliphatic rings. The number of carbonyl (C=O) groups is 2. The smallest absolute Gasteiger partial charge is 0.410 e. The number of carbonyl (C=O) groups excluding carboxylic acids is 2. The Morgan fingerprint density at radius 3 is 2.60 bits per heavy atom. The average molecular weight is 661 g/mol. The Labute approximate surface area is 282 Å². The summed E-state index contributed by atoms with van der Waals surface area (Å²) < 4.78 is 17.6. The van der Waals surface area contributed by atoms with Crippen LogP contribution in [0.5, 0.6) is 0 Å². The third-order valence-corrected chi connectivity index (χ3v) is 9.66. The van der Waals surface area contributed by atoms with E-state index in [1.807, 2.05) is 39.8 Å². The van der Waals surface area contributed by atoms with Crippen LogP contribution in [0.2, 0.25) is 0 Å². The number of aliphatic hydroxyl groups excluding tert-OH is 2. The van der Waals surface area contributed by atoms with Gasteiger partial charge in [0.1, 0.15) is 12.2 Å². The second-order valence-electron chi connectivity index (χ2n) is 14.0. The lowest BCUT2D eigenvalue weighted by Gasteiger charge is -2.35. The molecule has 1 amide bonds. The second-order valence-corrected chi connectivity index (χ2v) is 14.0. The summed E-state index contributed by atoms with van der Waals surface area (Å²) >= 11 is 0. The molecule has 9 unspecified atom stereocenters. The number of allylic oxidation sites excluding steroid dienone is 2. The molecule has 0 aromatic rings. The molecular weight excluding hydrogens is 600 g/mol. The molecule has 9 atom stereocenters. The molecule has 2 saturated heterocycles. The molecule has 2 fully saturated rings. The lowest BCUT2D eigenvalue weighted by Crippen LogP contribution is -2.49. The van der Waals surface area contributed by atoms with E-state index in [1.165, 1.54) is 0 Å². The molecule has 3 heterocycles. The van der Waals surface area contributed by atoms with Gasteiger partial charge in [0.25, 0.3) is 0 Å². The van der Waals surface area contributed by atoms with Gasteiger partial charge in [0.2, 0.25) is 0 Å². The summed E-state index contributed by atoms with van der Waals surface area (Å²) in [6.45, 7) is 19.6. The highest BCUT2D eigenvalue weighted by atomic mass is 16.6. The van der Waals surface area contributed by atoms with Crippen LogP contribution in [-0.4, -0.2) is 112 Å². The van der Waals surface area contributed by atoms with Crippen LogP contribution < -0.4 is 0 Å². The van der Waals surface area contributed by atoms with E-state index in [0.29, 0.717) is 44.3 Å². The summed E-state index contributed by atoms with van der Waals surface area (Å²) in [6.07, 6.45) is 9.57. The molecule has 0 bridgehead atoms. The lowest BCUT2D eigenvalue weighted by molar-refractivity contribution is -0.151. The molecule has 0 radical (unpaired) electrons. The van der Waals surface area contributed by atoms with E-state index in [2.05, 4.69) is 18.4 Å². The second kappa shape index (κ2) is 18.3. The van der Waals surface area contributed by atoms with Gasteiger partial charge >= 0.3 is 12.1 Å². The van der Waals surface area contributed by atoms with Crippen molar-refractivity contribution in [1.29, 1.82) is 0 Å². The zero-order valence-corrected chi connectivity index (χ0v) is 29.5. The Hall–Kier alpha value is -2.50. The summed E-state index contributed by atoms with van der Waals surface area (Å²) in [5, 5.41) is 31.7. The van der Waals surface area contributed by atoms with Crippen molar-refractivity contribution >= 4 is 12.1 Å². The van der Waals surface area contributed by atoms with Gasteiger partial charge in [0.05, 0.1) is 36.4 Å². The highest BCUT2D eigenvalue weighted by molar-refractivity contribution is 5.70. The van der Waals surface area contributed by atoms with E-state index in [4.69, 9.17) is 14.2 Å². The van der Waals surface area contributed by atoms with E-state index >= 15 is 0 Å². The van der Waals surface area contributed by atoms with Crippen LogP contribution in [0.1, 0.15) is 86.5 Å². The Bertz CT molecular complexity index is 1130. The van der Waals surface area contributed by atoms with Gasteiger partial charge in [-0.1, -0.05) is 65.0 Å². The fraction of sp³-hybridized carbons (Fsp3) is 0.730. The molecule has 0 aromatic heterocycles. The topological polar surface area (TPSA) is 132 Å². The Morgan fingerprint density at radius 1 is 1.23 bits per heavy atom. The number of rotatable bonds is 12. The van der Waals surface area contributed by atoms with Crippen LogP contribution in [0.25, 0.3) is 0 Å². The van der Waals surface area contributed by atoms with Crippen LogP contribution >= 0.6 is 0 Å². The fourth-order valence-electron chi connectivity index (χ4n) is 6.30. The summed E-state index contributed by atoms with van der Waals surface area (Å²) in [7, 11) is 0. The normalized spacial score (nSPS) is 31.7. The summed E-state index contributed by atoms with van der Waals surface area (Å²) in [4.78, 5) is 30.1. The van der Waals surface area contributed by atoms with Crippen molar-refractivity contribution in [1.82, 2.24) is 9.80 Å². The zero-order chi connectivity index (χ0) is 34.7. The Balaban J connectivity index is 1.68. The van der Waals surface area contributed by atoms with Gasteiger partial charge in [-0.15, -0.1) is 0 Å². The molecule has 3 rings (SSSR count). The first-order valence-electron chi connectivity index (χ1n) is 17.6. The molecule has 10 nitrogen and oxygen atoms in total. The minimum Gasteiger partial charge on any atom is -0.457 e. The molecule has 0 spiro atoms. The molecule has 3 N–H and O–H groups in total. The van der Waals surface area contributed by atoms with Crippen molar-refractivity contribution in [2.75, 3.05) is 32.7 Å². The third-order valence-electron chi connectivity index (χ3n) is 9.66. The molecule has 10 heteroatoms. The number of ether oxygens (including phenoxy) is 3. The summed E-state index contributed by atoms with van der Waals surface area (Å²) in [6, 6.07) is 0. The lowest BCUT2D eigenvalue weighted by atomic mass is 9.91. The van der Waals surface area contributed by atoms with E-state index in [1.54, 1.807) is 30.1 Å². The number of hydrogen-bond donors (Lipinski definition) is 3. The number of aliphatic hydroxyl groups is 3. The highest BCUT2D eigenvalue weighted by Gasteiger charge is 2.47. The fourth-order valence-corrected chi connectivity index (χ4v) is 6.30. The Morgan fingerprint density at radius 2 is 1.94 bits per heavy atom. The minimum absolute atomic E-state index is 0.00194. The maximum Gasteiger partial charge on any atom is 0.410 e. The van der Waals surface area contributed by atoms with Gasteiger partial charge in [-0.3, -0.25) is 9.69 Å². The van der Waals surface area contributed by atoms with Gasteiger partial charge in [-0.05, 0) is 63.3 Å². The van der Waals surface area contributed by atoms with Crippen molar-refractivity contribution in [3.8, 4) is 0 Å². The van der Waals surface area contributed by atoms with Crippen molar-refractivity contribution in [3.05, 3.63) is 48.1 Å². The molecule has 3 aliphatic heterocycles. The zero-order valence-electron chi connectivity index (χ0n) is 29.5. The first-order chi connectivity index (χ1) is 22.2. The van der Waals surface area contributed by atoms with Crippen LogP contribution in [0.15, 0.2) is 48.1 Å². The van der Waals surface area contributed by atoms with Gasteiger partial charge in [-0.25, -0.2) is 4.79 Å². The molecule has 47 heavy (non-hydrogen) atoms. The standard InChI is InChI=1S/C37H60N2O8/c1-8-10-18-38-19-21-39(22-20-38)36(43)46-31-16-14-27(5)34(47-33(42)23-29(40)15-13-25(31)3)26(4)12-11-17-37(7,44)24-32-35(45-32)28(6)30(41)9-2/h11-12,14,16-17,27-32,34-35,40-41,44H,3,8-10,13,15,18-24H2,1-2,4-7H3/b16-14+,17-11+,26-12+. The highest BCUT2D eigenvalue weighted by Crippen LogP contribution is 2.37. The van der Waals surface area contributed by atoms with E-state index in [-0.39, 0.29) is 36.6 Å². The van der Waals surface area contributed by atoms with E-state index in [9.17, 15) is 24.9 Å². The number of piperazine rings is 1. The third kappa shape index (κ3) is 12.5. The predicted molar refractivity (Wildman–Crippen MR) is 183 cm³/mol. The van der Waals surface area contributed by atoms with Crippen LogP contribution in [0, 0.1) is 11.8 Å². The number of amides is 1. The molecule has 0 saturated carbocycles.